The summed E-state index contributed by atoms with van der Waals surface area (Å²) in [6.45, 7) is 6.30. The lowest BCUT2D eigenvalue weighted by atomic mass is 10.1. The molecule has 0 heterocycles. The molecule has 13 heavy (non-hydrogen) atoms. The fourth-order valence-electron chi connectivity index (χ4n) is 1.36. The van der Waals surface area contributed by atoms with Gasteiger partial charge in [0.15, 0.2) is 0 Å². The third-order valence-corrected chi connectivity index (χ3v) is 3.18. The Morgan fingerprint density at radius 1 is 1.15 bits per heavy atom. The van der Waals surface area contributed by atoms with Crippen LogP contribution < -0.4 is 0 Å². The predicted molar refractivity (Wildman–Crippen MR) is 62.4 cm³/mol. The van der Waals surface area contributed by atoms with E-state index in [1.807, 2.05) is 0 Å². The lowest BCUT2D eigenvalue weighted by Crippen LogP contribution is -1.87. The minimum Gasteiger partial charge on any atom is -0.110 e. The maximum Gasteiger partial charge on any atom is -0.0279 e. The molecule has 0 fully saturated rings. The Balaban J connectivity index is 2.13. The van der Waals surface area contributed by atoms with Crippen molar-refractivity contribution in [2.45, 2.75) is 19.3 Å². The lowest BCUT2D eigenvalue weighted by Gasteiger charge is -2.04. The molecule has 1 aromatic carbocycles. The SMILES string of the molecule is [CH2]P(C)CCCCc1ccccc1. The molecule has 71 valence electrons. The molecule has 0 saturated carbocycles. The van der Waals surface area contributed by atoms with Crippen LogP contribution in [0, 0.1) is 6.66 Å². The monoisotopic (exact) mass is 193 g/mol. The molecule has 0 aromatic heterocycles. The van der Waals surface area contributed by atoms with Crippen molar-refractivity contribution in [1.29, 1.82) is 0 Å². The third-order valence-electron chi connectivity index (χ3n) is 2.10. The van der Waals surface area contributed by atoms with E-state index in [-0.39, 0.29) is 7.92 Å². The van der Waals surface area contributed by atoms with E-state index in [1.54, 1.807) is 0 Å². The fraction of sp³-hybridized carbons (Fsp3) is 0.417. The summed E-state index contributed by atoms with van der Waals surface area (Å²) in [7, 11) is 0.0690. The average Bonchev–Trinajstić information content (AvgIpc) is 2.14. The Morgan fingerprint density at radius 2 is 1.85 bits per heavy atom. The molecule has 0 saturated heterocycles. The number of hydrogen-bond donors (Lipinski definition) is 0. The van der Waals surface area contributed by atoms with Crippen LogP contribution in [0.3, 0.4) is 0 Å². The van der Waals surface area contributed by atoms with Crippen LogP contribution >= 0.6 is 7.92 Å². The molecule has 1 atom stereocenters. The highest BCUT2D eigenvalue weighted by molar-refractivity contribution is 7.58. The maximum absolute atomic E-state index is 4.05. The zero-order valence-electron chi connectivity index (χ0n) is 8.37. The Labute approximate surface area is 83.1 Å². The third kappa shape index (κ3) is 5.05. The van der Waals surface area contributed by atoms with Gasteiger partial charge in [-0.05, 0) is 44.3 Å². The van der Waals surface area contributed by atoms with Crippen molar-refractivity contribution in [2.75, 3.05) is 12.8 Å². The summed E-state index contributed by atoms with van der Waals surface area (Å²) >= 11 is 0. The second kappa shape index (κ2) is 6.16. The van der Waals surface area contributed by atoms with Gasteiger partial charge in [-0.15, -0.1) is 7.92 Å². The van der Waals surface area contributed by atoms with Crippen molar-refractivity contribution in [3.63, 3.8) is 0 Å². The largest absolute Gasteiger partial charge is 0.110 e. The van der Waals surface area contributed by atoms with Crippen molar-refractivity contribution in [2.24, 2.45) is 0 Å². The molecule has 0 aliphatic heterocycles. The number of rotatable bonds is 5. The second-order valence-electron chi connectivity index (χ2n) is 3.52. The predicted octanol–water partition coefficient (Wildman–Crippen LogP) is 3.91. The summed E-state index contributed by atoms with van der Waals surface area (Å²) in [4.78, 5) is 0. The molecule has 0 nitrogen and oxygen atoms in total. The van der Waals surface area contributed by atoms with Crippen molar-refractivity contribution >= 4 is 7.92 Å². The molecule has 1 radical (unpaired) electrons. The topological polar surface area (TPSA) is 0 Å². The molecular formula is C12H18P. The fourth-order valence-corrected chi connectivity index (χ4v) is 2.12. The molecule has 1 heteroatoms. The Morgan fingerprint density at radius 3 is 2.46 bits per heavy atom. The zero-order chi connectivity index (χ0) is 9.52. The van der Waals surface area contributed by atoms with Gasteiger partial charge in [0.25, 0.3) is 0 Å². The first-order valence-corrected chi connectivity index (χ1v) is 7.00. The van der Waals surface area contributed by atoms with Gasteiger partial charge >= 0.3 is 0 Å². The van der Waals surface area contributed by atoms with Gasteiger partial charge in [-0.2, -0.15) is 0 Å². The summed E-state index contributed by atoms with van der Waals surface area (Å²) < 4.78 is 0. The Hall–Kier alpha value is -0.350. The first-order valence-electron chi connectivity index (χ1n) is 4.84. The van der Waals surface area contributed by atoms with Crippen LogP contribution in [0.4, 0.5) is 0 Å². The van der Waals surface area contributed by atoms with E-state index in [2.05, 4.69) is 43.7 Å². The van der Waals surface area contributed by atoms with Crippen LogP contribution in [-0.4, -0.2) is 12.8 Å². The molecule has 0 aliphatic carbocycles. The van der Waals surface area contributed by atoms with Crippen molar-refractivity contribution in [3.05, 3.63) is 42.6 Å². The Bertz CT molecular complexity index is 216. The lowest BCUT2D eigenvalue weighted by molar-refractivity contribution is 0.800. The minimum absolute atomic E-state index is 0.0690. The average molecular weight is 193 g/mol. The van der Waals surface area contributed by atoms with Gasteiger partial charge in [-0.3, -0.25) is 0 Å². The zero-order valence-corrected chi connectivity index (χ0v) is 9.26. The van der Waals surface area contributed by atoms with E-state index in [9.17, 15) is 0 Å². The van der Waals surface area contributed by atoms with E-state index in [0.29, 0.717) is 0 Å². The number of unbranched alkanes of at least 4 members (excludes halogenated alkanes) is 1. The first-order chi connectivity index (χ1) is 6.29. The number of hydrogen-bond acceptors (Lipinski definition) is 0. The van der Waals surface area contributed by atoms with Gasteiger partial charge < -0.3 is 0 Å². The van der Waals surface area contributed by atoms with E-state index in [4.69, 9.17) is 0 Å². The molecule has 1 unspecified atom stereocenters. The van der Waals surface area contributed by atoms with Gasteiger partial charge in [0.05, 0.1) is 0 Å². The van der Waals surface area contributed by atoms with Crippen LogP contribution in [0.5, 0.6) is 0 Å². The summed E-state index contributed by atoms with van der Waals surface area (Å²) in [6.07, 6.45) is 5.19. The molecule has 0 amide bonds. The highest BCUT2D eigenvalue weighted by Crippen LogP contribution is 2.28. The molecule has 0 spiro atoms. The van der Waals surface area contributed by atoms with Crippen molar-refractivity contribution in [3.8, 4) is 0 Å². The van der Waals surface area contributed by atoms with Crippen molar-refractivity contribution in [1.82, 2.24) is 0 Å². The van der Waals surface area contributed by atoms with Crippen LogP contribution in [0.1, 0.15) is 18.4 Å². The van der Waals surface area contributed by atoms with Crippen LogP contribution in [-0.2, 0) is 6.42 Å². The summed E-state index contributed by atoms with van der Waals surface area (Å²) in [5.41, 5.74) is 1.46. The highest BCUT2D eigenvalue weighted by Gasteiger charge is 1.94. The molecule has 1 aromatic rings. The quantitative estimate of drug-likeness (QED) is 0.491. The molecule has 0 bridgehead atoms. The number of aryl methyl sites for hydroxylation is 1. The van der Waals surface area contributed by atoms with E-state index in [1.165, 1.54) is 31.0 Å². The summed E-state index contributed by atoms with van der Waals surface area (Å²) in [5, 5.41) is 0. The molecule has 0 N–H and O–H groups in total. The van der Waals surface area contributed by atoms with Gasteiger partial charge in [0.2, 0.25) is 0 Å². The van der Waals surface area contributed by atoms with E-state index in [0.717, 1.165) is 0 Å². The van der Waals surface area contributed by atoms with Crippen LogP contribution in [0.15, 0.2) is 30.3 Å². The van der Waals surface area contributed by atoms with Gasteiger partial charge in [0, 0.05) is 0 Å². The first kappa shape index (κ1) is 10.7. The minimum atomic E-state index is 0.0690. The van der Waals surface area contributed by atoms with E-state index < -0.39 is 0 Å². The Kier molecular flexibility index (Phi) is 5.08. The highest BCUT2D eigenvalue weighted by atomic mass is 31.1. The van der Waals surface area contributed by atoms with Crippen LogP contribution in [0.2, 0.25) is 0 Å². The molecule has 0 aliphatic rings. The number of benzene rings is 1. The maximum atomic E-state index is 4.05. The van der Waals surface area contributed by atoms with Crippen LogP contribution in [0.25, 0.3) is 0 Å². The molecular weight excluding hydrogens is 175 g/mol. The molecule has 1 rings (SSSR count). The standard InChI is InChI=1S/C12H18P/c1-13(2)11-7-6-10-12-8-4-3-5-9-12/h3-5,8-9H,1,6-7,10-11H2,2H3. The van der Waals surface area contributed by atoms with E-state index >= 15 is 0 Å². The van der Waals surface area contributed by atoms with Gasteiger partial charge in [0.1, 0.15) is 0 Å². The summed E-state index contributed by atoms with van der Waals surface area (Å²) in [5.74, 6) is 0. The smallest absolute Gasteiger partial charge is 0.0279 e. The summed E-state index contributed by atoms with van der Waals surface area (Å²) in [6, 6.07) is 10.7. The van der Waals surface area contributed by atoms with Gasteiger partial charge in [-0.25, -0.2) is 0 Å². The van der Waals surface area contributed by atoms with Gasteiger partial charge in [-0.1, -0.05) is 30.3 Å². The van der Waals surface area contributed by atoms with Crippen molar-refractivity contribution < 1.29 is 0 Å². The normalized spacial score (nSPS) is 10.7. The second-order valence-corrected chi connectivity index (χ2v) is 5.68.